The summed E-state index contributed by atoms with van der Waals surface area (Å²) in [4.78, 5) is 20.9. The number of halogens is 4. The average molecular weight is 421 g/mol. The topological polar surface area (TPSA) is 96.5 Å². The lowest BCUT2D eigenvalue weighted by Crippen LogP contribution is -2.28. The van der Waals surface area contributed by atoms with Crippen LogP contribution in [0.5, 0.6) is 0 Å². The molecule has 0 bridgehead atoms. The second-order valence-corrected chi connectivity index (χ2v) is 6.41. The van der Waals surface area contributed by atoms with Gasteiger partial charge in [0.1, 0.15) is 11.8 Å². The molecule has 1 aromatic carbocycles. The highest BCUT2D eigenvalue weighted by molar-refractivity contribution is 6.31. The minimum absolute atomic E-state index is 0.210. The van der Waals surface area contributed by atoms with E-state index < -0.39 is 23.7 Å². The average Bonchev–Trinajstić information content (AvgIpc) is 3.16. The maximum Gasteiger partial charge on any atom is 0.416 e. The summed E-state index contributed by atoms with van der Waals surface area (Å²) >= 11 is 5.73. The summed E-state index contributed by atoms with van der Waals surface area (Å²) in [5.41, 5.74) is -0.653. The minimum atomic E-state index is -4.64. The van der Waals surface area contributed by atoms with Gasteiger partial charge in [-0.25, -0.2) is 9.67 Å². The molecular weight excluding hydrogens is 409 g/mol. The van der Waals surface area contributed by atoms with E-state index in [0.29, 0.717) is 11.3 Å². The molecule has 0 aliphatic heterocycles. The first-order chi connectivity index (χ1) is 13.7. The van der Waals surface area contributed by atoms with Gasteiger partial charge in [0, 0.05) is 23.0 Å². The highest BCUT2D eigenvalue weighted by Gasteiger charge is 2.32. The van der Waals surface area contributed by atoms with E-state index in [0.717, 1.165) is 18.2 Å². The molecule has 0 fully saturated rings. The van der Waals surface area contributed by atoms with Gasteiger partial charge >= 0.3 is 6.18 Å². The van der Waals surface area contributed by atoms with Crippen LogP contribution >= 0.6 is 11.6 Å². The SMILES string of the molecule is CC(NC(=O)c1cc(Cl)cc(C(F)(F)F)c1)c1nccnc1-n1cc(C#N)cn1. The van der Waals surface area contributed by atoms with Crippen molar-refractivity contribution >= 4 is 17.5 Å². The summed E-state index contributed by atoms with van der Waals surface area (Å²) in [6, 6.07) is 3.81. The van der Waals surface area contributed by atoms with Gasteiger partial charge in [0.25, 0.3) is 5.91 Å². The molecule has 2 heterocycles. The number of aromatic nitrogens is 4. The Morgan fingerprint density at radius 2 is 2.00 bits per heavy atom. The van der Waals surface area contributed by atoms with Gasteiger partial charge in [-0.1, -0.05) is 11.6 Å². The predicted octanol–water partition coefficient (Wildman–Crippen LogP) is 3.70. The van der Waals surface area contributed by atoms with Gasteiger partial charge in [-0.15, -0.1) is 0 Å². The monoisotopic (exact) mass is 420 g/mol. The molecule has 11 heteroatoms. The van der Waals surface area contributed by atoms with Crippen LogP contribution in [0.4, 0.5) is 13.2 Å². The Hall–Kier alpha value is -3.45. The third-order valence-corrected chi connectivity index (χ3v) is 4.10. The molecule has 3 aromatic rings. The Morgan fingerprint density at radius 1 is 1.28 bits per heavy atom. The van der Waals surface area contributed by atoms with E-state index in [9.17, 15) is 18.0 Å². The first-order valence-electron chi connectivity index (χ1n) is 8.13. The van der Waals surface area contributed by atoms with Gasteiger partial charge in [-0.2, -0.15) is 23.5 Å². The minimum Gasteiger partial charge on any atom is -0.344 e. The fraction of sp³-hybridized carbons (Fsp3) is 0.167. The normalized spacial score (nSPS) is 12.3. The molecule has 1 amide bonds. The summed E-state index contributed by atoms with van der Waals surface area (Å²) in [6.45, 7) is 1.59. The number of nitrogens with zero attached hydrogens (tertiary/aromatic N) is 5. The molecule has 7 nitrogen and oxygen atoms in total. The molecule has 1 N–H and O–H groups in total. The molecule has 0 radical (unpaired) electrons. The van der Waals surface area contributed by atoms with E-state index in [1.165, 1.54) is 29.5 Å². The Bertz CT molecular complexity index is 1110. The highest BCUT2D eigenvalue weighted by Crippen LogP contribution is 2.32. The molecule has 0 spiro atoms. The predicted molar refractivity (Wildman–Crippen MR) is 96.2 cm³/mol. The van der Waals surface area contributed by atoms with Crippen molar-refractivity contribution in [1.29, 1.82) is 5.26 Å². The zero-order valence-corrected chi connectivity index (χ0v) is 15.5. The third kappa shape index (κ3) is 4.52. The number of carbonyl (C=O) groups is 1. The van der Waals surface area contributed by atoms with E-state index in [4.69, 9.17) is 16.9 Å². The van der Waals surface area contributed by atoms with Crippen LogP contribution in [0.15, 0.2) is 43.0 Å². The zero-order valence-electron chi connectivity index (χ0n) is 14.8. The molecule has 0 saturated carbocycles. The van der Waals surface area contributed by atoms with Crippen molar-refractivity contribution in [2.45, 2.75) is 19.1 Å². The first-order valence-corrected chi connectivity index (χ1v) is 8.51. The molecule has 1 unspecified atom stereocenters. The van der Waals surface area contributed by atoms with Crippen LogP contribution in [0.25, 0.3) is 5.82 Å². The van der Waals surface area contributed by atoms with Crippen LogP contribution in [0.3, 0.4) is 0 Å². The van der Waals surface area contributed by atoms with Crippen molar-refractivity contribution in [3.05, 3.63) is 70.4 Å². The van der Waals surface area contributed by atoms with Gasteiger partial charge in [-0.05, 0) is 25.1 Å². The lowest BCUT2D eigenvalue weighted by molar-refractivity contribution is -0.137. The summed E-state index contributed by atoms with van der Waals surface area (Å²) in [5, 5.41) is 15.3. The Labute approximate surface area is 167 Å². The lowest BCUT2D eigenvalue weighted by atomic mass is 10.1. The number of hydrogen-bond donors (Lipinski definition) is 1. The summed E-state index contributed by atoms with van der Waals surface area (Å²) in [5.74, 6) is -0.496. The van der Waals surface area contributed by atoms with E-state index in [2.05, 4.69) is 20.4 Å². The number of nitriles is 1. The highest BCUT2D eigenvalue weighted by atomic mass is 35.5. The van der Waals surface area contributed by atoms with E-state index in [1.807, 2.05) is 6.07 Å². The Morgan fingerprint density at radius 3 is 2.66 bits per heavy atom. The van der Waals surface area contributed by atoms with Crippen LogP contribution < -0.4 is 5.32 Å². The molecule has 3 rings (SSSR count). The summed E-state index contributed by atoms with van der Waals surface area (Å²) in [7, 11) is 0. The summed E-state index contributed by atoms with van der Waals surface area (Å²) < 4.78 is 40.2. The van der Waals surface area contributed by atoms with Crippen LogP contribution in [0, 0.1) is 11.3 Å². The number of rotatable bonds is 4. The fourth-order valence-corrected chi connectivity index (χ4v) is 2.79. The van der Waals surface area contributed by atoms with Gasteiger partial charge in [0.2, 0.25) is 0 Å². The van der Waals surface area contributed by atoms with Crippen LogP contribution in [-0.2, 0) is 6.18 Å². The first kappa shape index (κ1) is 20.3. The van der Waals surface area contributed by atoms with Crippen molar-refractivity contribution in [2.24, 2.45) is 0 Å². The smallest absolute Gasteiger partial charge is 0.344 e. The molecule has 148 valence electrons. The number of benzene rings is 1. The summed E-state index contributed by atoms with van der Waals surface area (Å²) in [6.07, 6.45) is 0.953. The standard InChI is InChI=1S/C18H12ClF3N6O/c1-10(15-16(25-3-2-24-15)28-9-11(7-23)8-26-28)27-17(29)12-4-13(18(20,21)22)6-14(19)5-12/h2-6,8-10H,1H3,(H,27,29). The maximum atomic E-state index is 13.0. The number of hydrogen-bond acceptors (Lipinski definition) is 5. The number of carbonyl (C=O) groups excluding carboxylic acids is 1. The van der Waals surface area contributed by atoms with Gasteiger partial charge < -0.3 is 5.32 Å². The van der Waals surface area contributed by atoms with Crippen LogP contribution in [0.1, 0.15) is 40.1 Å². The Balaban J connectivity index is 1.88. The third-order valence-electron chi connectivity index (χ3n) is 3.88. The Kier molecular flexibility index (Phi) is 5.52. The van der Waals surface area contributed by atoms with E-state index in [1.54, 1.807) is 6.92 Å². The molecule has 1 atom stereocenters. The molecule has 2 aromatic heterocycles. The van der Waals surface area contributed by atoms with E-state index in [-0.39, 0.29) is 16.4 Å². The molecule has 0 aliphatic rings. The number of amides is 1. The zero-order chi connectivity index (χ0) is 21.2. The van der Waals surface area contributed by atoms with Crippen molar-refractivity contribution < 1.29 is 18.0 Å². The largest absolute Gasteiger partial charge is 0.416 e. The quantitative estimate of drug-likeness (QED) is 0.694. The van der Waals surface area contributed by atoms with Crippen LogP contribution in [-0.4, -0.2) is 25.7 Å². The molecule has 0 aliphatic carbocycles. The molecule has 0 saturated heterocycles. The van der Waals surface area contributed by atoms with Crippen molar-refractivity contribution in [1.82, 2.24) is 25.1 Å². The lowest BCUT2D eigenvalue weighted by Gasteiger charge is -2.17. The van der Waals surface area contributed by atoms with Gasteiger partial charge in [-0.3, -0.25) is 9.78 Å². The van der Waals surface area contributed by atoms with E-state index >= 15 is 0 Å². The van der Waals surface area contributed by atoms with Gasteiger partial charge in [0.15, 0.2) is 5.82 Å². The van der Waals surface area contributed by atoms with Crippen molar-refractivity contribution in [2.75, 3.05) is 0 Å². The maximum absolute atomic E-state index is 13.0. The number of nitrogens with one attached hydrogen (secondary N) is 1. The fourth-order valence-electron chi connectivity index (χ4n) is 2.55. The van der Waals surface area contributed by atoms with Crippen LogP contribution in [0.2, 0.25) is 5.02 Å². The van der Waals surface area contributed by atoms with Gasteiger partial charge in [0.05, 0.1) is 29.6 Å². The van der Waals surface area contributed by atoms with Crippen molar-refractivity contribution in [3.63, 3.8) is 0 Å². The second-order valence-electron chi connectivity index (χ2n) is 5.97. The van der Waals surface area contributed by atoms with Crippen molar-refractivity contribution in [3.8, 4) is 11.9 Å². The molecular formula is C18H12ClF3N6O. The second kappa shape index (κ2) is 7.89. The molecule has 29 heavy (non-hydrogen) atoms. The number of alkyl halides is 3.